The summed E-state index contributed by atoms with van der Waals surface area (Å²) < 4.78 is 0. The molecule has 37 heavy (non-hydrogen) atoms. The number of benzene rings is 4. The number of hydrogen-bond donors (Lipinski definition) is 5. The van der Waals surface area contributed by atoms with E-state index in [1.54, 1.807) is 18.2 Å². The van der Waals surface area contributed by atoms with Gasteiger partial charge in [0.2, 0.25) is 0 Å². The number of anilines is 2. The molecule has 0 spiro atoms. The zero-order chi connectivity index (χ0) is 27.5. The first-order valence-corrected chi connectivity index (χ1v) is 11.5. The average molecular weight is 492 g/mol. The van der Waals surface area contributed by atoms with E-state index in [4.69, 9.17) is 28.7 Å². The highest BCUT2D eigenvalue weighted by atomic mass is 14.8. The third-order valence-corrected chi connectivity index (χ3v) is 4.85. The van der Waals surface area contributed by atoms with Gasteiger partial charge in [0.1, 0.15) is 5.82 Å². The molecule has 4 aromatic rings. The summed E-state index contributed by atoms with van der Waals surface area (Å²) in [7, 11) is 0. The second kappa shape index (κ2) is 17.3. The molecule has 190 valence electrons. The largest absolute Gasteiger partial charge is 0.397 e. The molecule has 0 fully saturated rings. The van der Waals surface area contributed by atoms with E-state index in [9.17, 15) is 0 Å². The average Bonchev–Trinajstić information content (AvgIpc) is 2.96. The van der Waals surface area contributed by atoms with Crippen molar-refractivity contribution in [3.63, 3.8) is 0 Å². The number of nitrogens with two attached hydrogens (primary N) is 5. The van der Waals surface area contributed by atoms with Gasteiger partial charge in [-0.1, -0.05) is 141 Å². The zero-order valence-electron chi connectivity index (χ0n) is 21.1. The third kappa shape index (κ3) is 11.7. The first-order valence-electron chi connectivity index (χ1n) is 11.5. The smallest absolute Gasteiger partial charge is 0.118 e. The molecule has 10 N–H and O–H groups in total. The maximum atomic E-state index is 5.67. The van der Waals surface area contributed by atoms with Gasteiger partial charge in [0.05, 0.1) is 17.1 Å². The van der Waals surface area contributed by atoms with E-state index in [-0.39, 0.29) is 11.5 Å². The molecular formula is C32H37N5. The van der Waals surface area contributed by atoms with E-state index < -0.39 is 0 Å². The molecule has 0 unspecified atom stereocenters. The van der Waals surface area contributed by atoms with Gasteiger partial charge in [-0.15, -0.1) is 0 Å². The zero-order valence-corrected chi connectivity index (χ0v) is 21.1. The molecule has 5 heteroatoms. The second-order valence-corrected chi connectivity index (χ2v) is 7.52. The van der Waals surface area contributed by atoms with Crippen molar-refractivity contribution < 1.29 is 0 Å². The van der Waals surface area contributed by atoms with E-state index in [1.807, 2.05) is 109 Å². The number of hydrogen-bond acceptors (Lipinski definition) is 5. The van der Waals surface area contributed by atoms with E-state index in [0.717, 1.165) is 0 Å². The minimum Gasteiger partial charge on any atom is -0.397 e. The Morgan fingerprint density at radius 2 is 0.838 bits per heavy atom. The lowest BCUT2D eigenvalue weighted by atomic mass is 10.1. The molecule has 4 rings (SSSR count). The van der Waals surface area contributed by atoms with Crippen LogP contribution in [0.5, 0.6) is 0 Å². The normalized spacial score (nSPS) is 8.86. The van der Waals surface area contributed by atoms with Gasteiger partial charge in [-0.3, -0.25) is 0 Å². The van der Waals surface area contributed by atoms with Crippen LogP contribution in [-0.4, -0.2) is 0 Å². The highest BCUT2D eigenvalue weighted by molar-refractivity contribution is 5.81. The van der Waals surface area contributed by atoms with Gasteiger partial charge >= 0.3 is 0 Å². The molecule has 0 aliphatic carbocycles. The molecule has 0 amide bonds. The summed E-state index contributed by atoms with van der Waals surface area (Å²) in [6, 6.07) is 35.2. The molecule has 0 heterocycles. The lowest BCUT2D eigenvalue weighted by molar-refractivity contribution is 1.23. The van der Waals surface area contributed by atoms with Gasteiger partial charge in [-0.2, -0.15) is 0 Å². The molecule has 0 atom stereocenters. The molecule has 0 aromatic heterocycles. The Morgan fingerprint density at radius 1 is 0.486 bits per heavy atom. The van der Waals surface area contributed by atoms with Crippen molar-refractivity contribution in [2.45, 2.75) is 0 Å². The maximum Gasteiger partial charge on any atom is 0.118 e. The van der Waals surface area contributed by atoms with Crippen molar-refractivity contribution in [1.29, 1.82) is 0 Å². The quantitative estimate of drug-likeness (QED) is 0.213. The lowest BCUT2D eigenvalue weighted by Gasteiger charge is -2.08. The fourth-order valence-electron chi connectivity index (χ4n) is 2.74. The number of rotatable bonds is 4. The van der Waals surface area contributed by atoms with Crippen molar-refractivity contribution in [2.24, 2.45) is 17.2 Å². The highest BCUT2D eigenvalue weighted by Gasteiger charge is 2.06. The van der Waals surface area contributed by atoms with Gasteiger partial charge in [0.25, 0.3) is 0 Å². The van der Waals surface area contributed by atoms with E-state index >= 15 is 0 Å². The monoisotopic (exact) mass is 491 g/mol. The summed E-state index contributed by atoms with van der Waals surface area (Å²) in [5.41, 5.74) is 32.7. The topological polar surface area (TPSA) is 130 Å². The molecule has 0 aliphatic heterocycles. The molecule has 0 saturated heterocycles. The highest BCUT2D eigenvalue weighted by Crippen LogP contribution is 2.23. The van der Waals surface area contributed by atoms with Crippen LogP contribution >= 0.6 is 0 Å². The van der Waals surface area contributed by atoms with Crippen LogP contribution in [-0.2, 0) is 0 Å². The molecule has 4 aromatic carbocycles. The summed E-state index contributed by atoms with van der Waals surface area (Å²) in [6.45, 7) is 10.9. The molecule has 0 bridgehead atoms. The molecule has 0 radical (unpaired) electrons. The standard InChI is InChI=1S/C8H13N5.3C8H8/c9-5-3-1-2-4(6(5)10)7(11)8(12)13;3*1-2-8-6-4-3-5-7-8/h1-3H,9-13H2;3*2-7H,1H2. The van der Waals surface area contributed by atoms with E-state index in [0.29, 0.717) is 16.9 Å². The third-order valence-electron chi connectivity index (χ3n) is 4.85. The second-order valence-electron chi connectivity index (χ2n) is 7.52. The Morgan fingerprint density at radius 3 is 1.11 bits per heavy atom. The summed E-state index contributed by atoms with van der Waals surface area (Å²) in [5, 5.41) is 0. The van der Waals surface area contributed by atoms with E-state index in [1.165, 1.54) is 16.7 Å². The van der Waals surface area contributed by atoms with Crippen LogP contribution in [0.15, 0.2) is 135 Å². The van der Waals surface area contributed by atoms with E-state index in [2.05, 4.69) is 19.7 Å². The SMILES string of the molecule is C=Cc1ccccc1.C=Cc1ccccc1.C=Cc1ccccc1.NC(N)=C(N)c1cccc(N)c1N. The minimum absolute atomic E-state index is 0.0392. The predicted octanol–water partition coefficient (Wildman–Crippen LogP) is 6.34. The summed E-state index contributed by atoms with van der Waals surface area (Å²) in [5.74, 6) is 0.0392. The first-order chi connectivity index (χ1) is 17.8. The number of para-hydroxylation sites is 1. The van der Waals surface area contributed by atoms with Crippen LogP contribution in [0.1, 0.15) is 22.3 Å². The van der Waals surface area contributed by atoms with Gasteiger partial charge < -0.3 is 28.7 Å². The summed E-state index contributed by atoms with van der Waals surface area (Å²) in [6.07, 6.45) is 5.50. The van der Waals surface area contributed by atoms with Gasteiger partial charge in [-0.25, -0.2) is 0 Å². The lowest BCUT2D eigenvalue weighted by Crippen LogP contribution is -2.17. The molecular weight excluding hydrogens is 454 g/mol. The fraction of sp³-hybridized carbons (Fsp3) is 0. The van der Waals surface area contributed by atoms with Crippen molar-refractivity contribution in [1.82, 2.24) is 0 Å². The summed E-state index contributed by atoms with van der Waals surface area (Å²) in [4.78, 5) is 0. The maximum absolute atomic E-state index is 5.67. The summed E-state index contributed by atoms with van der Waals surface area (Å²) >= 11 is 0. The minimum atomic E-state index is 0.0392. The van der Waals surface area contributed by atoms with Crippen LogP contribution in [0.3, 0.4) is 0 Å². The number of nitrogen functional groups attached to an aromatic ring is 2. The van der Waals surface area contributed by atoms with Crippen LogP contribution in [0.25, 0.3) is 23.9 Å². The molecule has 0 aliphatic rings. The Bertz CT molecular complexity index is 1140. The van der Waals surface area contributed by atoms with Gasteiger partial charge in [-0.05, 0) is 22.8 Å². The predicted molar refractivity (Wildman–Crippen MR) is 164 cm³/mol. The van der Waals surface area contributed by atoms with Gasteiger partial charge in [0.15, 0.2) is 0 Å². The van der Waals surface area contributed by atoms with Crippen LogP contribution in [0.2, 0.25) is 0 Å². The van der Waals surface area contributed by atoms with Crippen LogP contribution in [0, 0.1) is 0 Å². The van der Waals surface area contributed by atoms with Gasteiger partial charge in [0, 0.05) is 5.56 Å². The Balaban J connectivity index is 0.000000253. The Hall–Kier alpha value is -5.16. The van der Waals surface area contributed by atoms with Crippen molar-refractivity contribution in [3.8, 4) is 0 Å². The Kier molecular flexibility index (Phi) is 14.0. The van der Waals surface area contributed by atoms with Crippen molar-refractivity contribution in [3.05, 3.63) is 157 Å². The van der Waals surface area contributed by atoms with Crippen molar-refractivity contribution >= 4 is 35.3 Å². The molecule has 0 saturated carbocycles. The van der Waals surface area contributed by atoms with Crippen LogP contribution < -0.4 is 28.7 Å². The first kappa shape index (κ1) is 29.9. The van der Waals surface area contributed by atoms with Crippen LogP contribution in [0.4, 0.5) is 11.4 Å². The fourth-order valence-corrected chi connectivity index (χ4v) is 2.74. The molecule has 5 nitrogen and oxygen atoms in total. The van der Waals surface area contributed by atoms with Crippen molar-refractivity contribution in [2.75, 3.05) is 11.5 Å². The Labute approximate surface area is 220 Å².